The van der Waals surface area contributed by atoms with E-state index in [2.05, 4.69) is 10.3 Å². The minimum Gasteiger partial charge on any atom is -0.493 e. The molecule has 1 heterocycles. The highest BCUT2D eigenvalue weighted by atomic mass is 35.5. The van der Waals surface area contributed by atoms with Gasteiger partial charge in [-0.2, -0.15) is 0 Å². The van der Waals surface area contributed by atoms with Crippen molar-refractivity contribution in [2.45, 2.75) is 13.8 Å². The zero-order valence-electron chi connectivity index (χ0n) is 15.2. The summed E-state index contributed by atoms with van der Waals surface area (Å²) in [5.41, 5.74) is 0.462. The van der Waals surface area contributed by atoms with Crippen LogP contribution in [0.3, 0.4) is 0 Å². The Bertz CT molecular complexity index is 1050. The van der Waals surface area contributed by atoms with Crippen LogP contribution in [0.4, 0.5) is 21.5 Å². The van der Waals surface area contributed by atoms with Gasteiger partial charge in [0.2, 0.25) is 0 Å². The Morgan fingerprint density at radius 3 is 2.61 bits per heavy atom. The van der Waals surface area contributed by atoms with Crippen molar-refractivity contribution >= 4 is 39.6 Å². The topological polar surface area (TPSA) is 86.5 Å². The van der Waals surface area contributed by atoms with Crippen LogP contribution >= 0.6 is 11.6 Å². The molecule has 0 fully saturated rings. The highest BCUT2D eigenvalue weighted by Crippen LogP contribution is 2.44. The van der Waals surface area contributed by atoms with Crippen LogP contribution in [0, 0.1) is 15.9 Å². The average molecular weight is 406 g/mol. The smallest absolute Gasteiger partial charge is 0.354 e. The second kappa shape index (κ2) is 8.26. The number of nitrogens with one attached hydrogen (secondary N) is 1. The first kappa shape index (κ1) is 19.6. The second-order valence-electron chi connectivity index (χ2n) is 5.67. The molecule has 3 aromatic rings. The van der Waals surface area contributed by atoms with Crippen LogP contribution in [0.5, 0.6) is 11.6 Å². The molecule has 9 heteroatoms. The number of rotatable bonds is 7. The molecule has 0 atom stereocenters. The molecule has 28 heavy (non-hydrogen) atoms. The maximum atomic E-state index is 13.9. The zero-order chi connectivity index (χ0) is 20.3. The predicted molar refractivity (Wildman–Crippen MR) is 105 cm³/mol. The first-order valence-electron chi connectivity index (χ1n) is 8.55. The number of aromatic nitrogens is 1. The van der Waals surface area contributed by atoms with E-state index in [-0.39, 0.29) is 34.6 Å². The Kier molecular flexibility index (Phi) is 5.79. The number of ether oxygens (including phenoxy) is 2. The summed E-state index contributed by atoms with van der Waals surface area (Å²) in [6, 6.07) is 9.14. The molecule has 0 aliphatic rings. The van der Waals surface area contributed by atoms with Crippen molar-refractivity contribution in [3.8, 4) is 11.6 Å². The lowest BCUT2D eigenvalue weighted by molar-refractivity contribution is -0.385. The second-order valence-corrected chi connectivity index (χ2v) is 6.08. The molecule has 0 saturated heterocycles. The lowest BCUT2D eigenvalue weighted by atomic mass is 10.1. The lowest BCUT2D eigenvalue weighted by Gasteiger charge is -2.16. The van der Waals surface area contributed by atoms with Gasteiger partial charge in [-0.15, -0.1) is 0 Å². The highest BCUT2D eigenvalue weighted by molar-refractivity contribution is 6.30. The molecule has 0 aliphatic heterocycles. The van der Waals surface area contributed by atoms with E-state index in [0.717, 1.165) is 6.07 Å². The van der Waals surface area contributed by atoms with Gasteiger partial charge in [0.25, 0.3) is 5.88 Å². The largest absolute Gasteiger partial charge is 0.493 e. The Morgan fingerprint density at radius 2 is 1.96 bits per heavy atom. The molecule has 1 aromatic heterocycles. The fraction of sp³-hybridized carbons (Fsp3) is 0.211. The number of hydrogen-bond acceptors (Lipinski definition) is 6. The van der Waals surface area contributed by atoms with E-state index in [0.29, 0.717) is 23.3 Å². The third-order valence-corrected chi connectivity index (χ3v) is 4.17. The molecule has 3 rings (SSSR count). The molecule has 146 valence electrons. The molecule has 2 aromatic carbocycles. The minimum atomic E-state index is -0.650. The third-order valence-electron chi connectivity index (χ3n) is 3.87. The number of halogens is 2. The number of nitrogens with zero attached hydrogens (tertiary/aromatic N) is 2. The molecular formula is C19H17ClFN3O4. The van der Waals surface area contributed by atoms with Crippen LogP contribution in [-0.2, 0) is 0 Å². The molecule has 0 bridgehead atoms. The fourth-order valence-electron chi connectivity index (χ4n) is 2.77. The van der Waals surface area contributed by atoms with Crippen molar-refractivity contribution in [1.29, 1.82) is 0 Å². The molecular weight excluding hydrogens is 389 g/mol. The molecule has 0 spiro atoms. The summed E-state index contributed by atoms with van der Waals surface area (Å²) in [6.45, 7) is 4.06. The normalized spacial score (nSPS) is 10.7. The van der Waals surface area contributed by atoms with E-state index < -0.39 is 10.7 Å². The maximum Gasteiger partial charge on any atom is 0.354 e. The molecule has 7 nitrogen and oxygen atoms in total. The van der Waals surface area contributed by atoms with Crippen LogP contribution < -0.4 is 14.8 Å². The van der Waals surface area contributed by atoms with Gasteiger partial charge < -0.3 is 14.8 Å². The lowest BCUT2D eigenvalue weighted by Crippen LogP contribution is -2.06. The molecule has 1 N–H and O–H groups in total. The van der Waals surface area contributed by atoms with E-state index in [1.807, 2.05) is 0 Å². The zero-order valence-corrected chi connectivity index (χ0v) is 15.9. The van der Waals surface area contributed by atoms with Gasteiger partial charge in [-0.3, -0.25) is 10.1 Å². The third kappa shape index (κ3) is 3.77. The fourth-order valence-corrected chi connectivity index (χ4v) is 2.89. The van der Waals surface area contributed by atoms with Gasteiger partial charge in [0, 0.05) is 5.69 Å². The van der Waals surface area contributed by atoms with Gasteiger partial charge in [0.1, 0.15) is 17.3 Å². The summed E-state index contributed by atoms with van der Waals surface area (Å²) in [6.07, 6.45) is 0. The summed E-state index contributed by atoms with van der Waals surface area (Å²) in [5.74, 6) is -0.371. The van der Waals surface area contributed by atoms with E-state index >= 15 is 0 Å². The Balaban J connectivity index is 2.32. The van der Waals surface area contributed by atoms with Gasteiger partial charge in [-0.05, 0) is 44.2 Å². The highest BCUT2D eigenvalue weighted by Gasteiger charge is 2.28. The van der Waals surface area contributed by atoms with Gasteiger partial charge in [-0.1, -0.05) is 17.7 Å². The predicted octanol–water partition coefficient (Wildman–Crippen LogP) is 5.48. The van der Waals surface area contributed by atoms with Crippen LogP contribution in [0.2, 0.25) is 5.02 Å². The van der Waals surface area contributed by atoms with Crippen LogP contribution in [0.25, 0.3) is 10.9 Å². The standard InChI is InChI=1S/C19H17ClFN3O4/c1-3-27-15-7-5-6-14-16(15)17(18(24(25)26)19(23-14)28-4-2)22-11-8-9-12(20)13(21)10-11/h5-10H,3-4H2,1-2H3,(H,22,23). The summed E-state index contributed by atoms with van der Waals surface area (Å²) < 4.78 is 24.9. The van der Waals surface area contributed by atoms with Gasteiger partial charge in [-0.25, -0.2) is 9.37 Å². The first-order chi connectivity index (χ1) is 13.5. The maximum absolute atomic E-state index is 13.9. The average Bonchev–Trinajstić information content (AvgIpc) is 2.65. The van der Waals surface area contributed by atoms with Crippen LogP contribution in [0.15, 0.2) is 36.4 Å². The number of pyridine rings is 1. The van der Waals surface area contributed by atoms with Crippen LogP contribution in [-0.4, -0.2) is 23.1 Å². The van der Waals surface area contributed by atoms with Gasteiger partial charge >= 0.3 is 5.69 Å². The number of benzene rings is 2. The number of nitro groups is 1. The first-order valence-corrected chi connectivity index (χ1v) is 8.92. The molecule has 0 aliphatic carbocycles. The molecule has 0 unspecified atom stereocenters. The molecule has 0 amide bonds. The van der Waals surface area contributed by atoms with Crippen LogP contribution in [0.1, 0.15) is 13.8 Å². The van der Waals surface area contributed by atoms with Crippen molar-refractivity contribution in [2.75, 3.05) is 18.5 Å². The van der Waals surface area contributed by atoms with Gasteiger partial charge in [0.05, 0.1) is 34.1 Å². The summed E-state index contributed by atoms with van der Waals surface area (Å²) >= 11 is 5.73. The van der Waals surface area contributed by atoms with E-state index in [1.165, 1.54) is 12.1 Å². The van der Waals surface area contributed by atoms with Crippen molar-refractivity contribution in [1.82, 2.24) is 4.98 Å². The van der Waals surface area contributed by atoms with Crippen molar-refractivity contribution in [3.63, 3.8) is 0 Å². The summed E-state index contributed by atoms with van der Waals surface area (Å²) in [7, 11) is 0. The Labute approximate surface area is 165 Å². The van der Waals surface area contributed by atoms with Crippen molar-refractivity contribution < 1.29 is 18.8 Å². The van der Waals surface area contributed by atoms with E-state index in [4.69, 9.17) is 21.1 Å². The van der Waals surface area contributed by atoms with Crippen molar-refractivity contribution in [3.05, 3.63) is 57.4 Å². The SMILES string of the molecule is CCOc1nc2cccc(OCC)c2c(Nc2ccc(Cl)c(F)c2)c1[N+](=O)[O-]. The van der Waals surface area contributed by atoms with Gasteiger partial charge in [0.15, 0.2) is 0 Å². The number of fused-ring (bicyclic) bond motifs is 1. The summed E-state index contributed by atoms with van der Waals surface area (Å²) in [4.78, 5) is 15.5. The van der Waals surface area contributed by atoms with E-state index in [1.54, 1.807) is 32.0 Å². The monoisotopic (exact) mass is 405 g/mol. The Hall–Kier alpha value is -3.13. The van der Waals surface area contributed by atoms with Crippen molar-refractivity contribution in [2.24, 2.45) is 0 Å². The van der Waals surface area contributed by atoms with E-state index in [9.17, 15) is 14.5 Å². The quantitative estimate of drug-likeness (QED) is 0.414. The molecule has 0 saturated carbocycles. The minimum absolute atomic E-state index is 0.0513. The summed E-state index contributed by atoms with van der Waals surface area (Å²) in [5, 5.41) is 15.1. The number of anilines is 2. The molecule has 0 radical (unpaired) electrons. The Morgan fingerprint density at radius 1 is 1.21 bits per heavy atom. The number of hydrogen-bond donors (Lipinski definition) is 1.